The molecule has 0 aliphatic heterocycles. The van der Waals surface area contributed by atoms with Gasteiger partial charge in [-0.15, -0.1) is 11.3 Å². The molecule has 76 valence electrons. The van der Waals surface area contributed by atoms with Gasteiger partial charge in [-0.3, -0.25) is 9.78 Å². The Labute approximate surface area is 91.0 Å². The number of nitrogens with zero attached hydrogens (tertiary/aromatic N) is 1. The highest BCUT2D eigenvalue weighted by molar-refractivity contribution is 7.11. The van der Waals surface area contributed by atoms with Gasteiger partial charge in [0.25, 0.3) is 0 Å². The maximum absolute atomic E-state index is 11.7. The fourth-order valence-corrected chi connectivity index (χ4v) is 1.80. The average molecular weight is 219 g/mol. The summed E-state index contributed by atoms with van der Waals surface area (Å²) in [4.78, 5) is 16.2. The first kappa shape index (κ1) is 9.86. The Kier molecular flexibility index (Phi) is 2.78. The van der Waals surface area contributed by atoms with E-state index < -0.39 is 0 Å². The number of carbonyl (C=O) groups excluding carboxylic acids is 1. The first-order valence-electron chi connectivity index (χ1n) is 4.45. The molecule has 3 nitrogen and oxygen atoms in total. The molecule has 4 heteroatoms. The molecule has 0 bridgehead atoms. The Morgan fingerprint density at radius 1 is 1.33 bits per heavy atom. The summed E-state index contributed by atoms with van der Waals surface area (Å²) >= 11 is 1.34. The number of ketones is 1. The van der Waals surface area contributed by atoms with Gasteiger partial charge < -0.3 is 5.11 Å². The van der Waals surface area contributed by atoms with Crippen LogP contribution in [0.2, 0.25) is 0 Å². The predicted molar refractivity (Wildman–Crippen MR) is 58.3 cm³/mol. The molecule has 0 aliphatic rings. The van der Waals surface area contributed by atoms with Crippen LogP contribution in [0.3, 0.4) is 0 Å². The molecule has 1 heterocycles. The number of hydrogen-bond acceptors (Lipinski definition) is 4. The van der Waals surface area contributed by atoms with Crippen LogP contribution in [0.1, 0.15) is 15.2 Å². The Bertz CT molecular complexity index is 448. The van der Waals surface area contributed by atoms with E-state index in [-0.39, 0.29) is 11.5 Å². The van der Waals surface area contributed by atoms with Crippen molar-refractivity contribution >= 4 is 17.1 Å². The second kappa shape index (κ2) is 4.23. The van der Waals surface area contributed by atoms with Gasteiger partial charge in [-0.05, 0) is 17.7 Å². The average Bonchev–Trinajstić information content (AvgIpc) is 2.74. The molecule has 2 rings (SSSR count). The van der Waals surface area contributed by atoms with Gasteiger partial charge >= 0.3 is 0 Å². The number of aromatic hydroxyl groups is 1. The molecule has 0 spiro atoms. The smallest absolute Gasteiger partial charge is 0.178 e. The van der Waals surface area contributed by atoms with Gasteiger partial charge in [0, 0.05) is 12.6 Å². The minimum Gasteiger partial charge on any atom is -0.508 e. The maximum atomic E-state index is 11.7. The van der Waals surface area contributed by atoms with Crippen molar-refractivity contribution in [3.05, 3.63) is 46.4 Å². The van der Waals surface area contributed by atoms with Crippen LogP contribution >= 0.6 is 11.3 Å². The summed E-state index contributed by atoms with van der Waals surface area (Å²) in [6, 6.07) is 6.65. The normalized spacial score (nSPS) is 10.1. The first-order valence-corrected chi connectivity index (χ1v) is 5.33. The highest BCUT2D eigenvalue weighted by Crippen LogP contribution is 2.14. The number of phenolic OH excluding ortho intramolecular Hbond substituents is 1. The van der Waals surface area contributed by atoms with E-state index in [0.29, 0.717) is 11.3 Å². The van der Waals surface area contributed by atoms with Gasteiger partial charge in [-0.25, -0.2) is 0 Å². The Morgan fingerprint density at radius 3 is 2.67 bits per heavy atom. The Balaban J connectivity index is 2.09. The highest BCUT2D eigenvalue weighted by atomic mass is 32.1. The van der Waals surface area contributed by atoms with Gasteiger partial charge in [0.1, 0.15) is 5.75 Å². The van der Waals surface area contributed by atoms with Crippen LogP contribution in [0.5, 0.6) is 5.75 Å². The van der Waals surface area contributed by atoms with Crippen LogP contribution in [0, 0.1) is 0 Å². The zero-order chi connectivity index (χ0) is 10.7. The third-order valence-corrected chi connectivity index (χ3v) is 2.82. The van der Waals surface area contributed by atoms with Crippen LogP contribution < -0.4 is 0 Å². The lowest BCUT2D eigenvalue weighted by atomic mass is 10.1. The minimum atomic E-state index is 0.0585. The summed E-state index contributed by atoms with van der Waals surface area (Å²) in [5.41, 5.74) is 2.54. The van der Waals surface area contributed by atoms with E-state index in [1.165, 1.54) is 11.3 Å². The van der Waals surface area contributed by atoms with Gasteiger partial charge in [-0.2, -0.15) is 0 Å². The number of carbonyl (C=O) groups is 1. The molecular weight excluding hydrogens is 210 g/mol. The van der Waals surface area contributed by atoms with Crippen LogP contribution in [0.15, 0.2) is 36.0 Å². The molecule has 2 aromatic rings. The lowest BCUT2D eigenvalue weighted by Gasteiger charge is -1.98. The van der Waals surface area contributed by atoms with Crippen molar-refractivity contribution in [2.24, 2.45) is 0 Å². The molecule has 0 unspecified atom stereocenters. The number of Topliss-reactive ketones (excluding diaryl/α,β-unsaturated/α-hetero) is 1. The quantitative estimate of drug-likeness (QED) is 0.806. The summed E-state index contributed by atoms with van der Waals surface area (Å²) in [5.74, 6) is 0.271. The zero-order valence-corrected chi connectivity index (χ0v) is 8.70. The molecule has 0 aliphatic carbocycles. The summed E-state index contributed by atoms with van der Waals surface area (Å²) in [6.45, 7) is 0. The van der Waals surface area contributed by atoms with Crippen molar-refractivity contribution in [3.8, 4) is 5.75 Å². The van der Waals surface area contributed by atoms with Gasteiger partial charge in [-0.1, -0.05) is 12.1 Å². The number of hydrogen-bond donors (Lipinski definition) is 1. The molecule has 0 radical (unpaired) electrons. The van der Waals surface area contributed by atoms with Gasteiger partial charge in [0.05, 0.1) is 10.4 Å². The lowest BCUT2D eigenvalue weighted by molar-refractivity contribution is 0.0996. The number of aromatic nitrogens is 1. The number of phenols is 1. The van der Waals surface area contributed by atoms with E-state index in [4.69, 9.17) is 5.11 Å². The van der Waals surface area contributed by atoms with Crippen LogP contribution in [0.4, 0.5) is 0 Å². The fraction of sp³-hybridized carbons (Fsp3) is 0.0909. The second-order valence-electron chi connectivity index (χ2n) is 3.13. The Hall–Kier alpha value is -1.68. The molecule has 0 fully saturated rings. The molecule has 1 aromatic carbocycles. The lowest BCUT2D eigenvalue weighted by Crippen LogP contribution is -2.00. The molecule has 0 saturated heterocycles. The van der Waals surface area contributed by atoms with Gasteiger partial charge in [0.2, 0.25) is 0 Å². The number of benzene rings is 1. The van der Waals surface area contributed by atoms with Crippen molar-refractivity contribution in [2.45, 2.75) is 6.42 Å². The number of thiazole rings is 1. The van der Waals surface area contributed by atoms with Crippen molar-refractivity contribution in [1.29, 1.82) is 0 Å². The second-order valence-corrected chi connectivity index (χ2v) is 4.02. The molecule has 0 amide bonds. The van der Waals surface area contributed by atoms with Crippen molar-refractivity contribution < 1.29 is 9.90 Å². The summed E-state index contributed by atoms with van der Waals surface area (Å²) < 4.78 is 0. The van der Waals surface area contributed by atoms with Crippen LogP contribution in [-0.2, 0) is 6.42 Å². The van der Waals surface area contributed by atoms with E-state index in [2.05, 4.69) is 4.98 Å². The maximum Gasteiger partial charge on any atom is 0.178 e. The molecular formula is C11H9NO2S. The predicted octanol–water partition coefficient (Wildman–Crippen LogP) is 2.27. The van der Waals surface area contributed by atoms with E-state index in [9.17, 15) is 4.79 Å². The van der Waals surface area contributed by atoms with E-state index in [1.807, 2.05) is 0 Å². The topological polar surface area (TPSA) is 50.2 Å². The first-order chi connectivity index (χ1) is 7.25. The van der Waals surface area contributed by atoms with Crippen molar-refractivity contribution in [2.75, 3.05) is 0 Å². The zero-order valence-electron chi connectivity index (χ0n) is 7.88. The third kappa shape index (κ3) is 2.41. The molecule has 0 atom stereocenters. The molecule has 1 aromatic heterocycles. The van der Waals surface area contributed by atoms with E-state index in [0.717, 1.165) is 5.56 Å². The largest absolute Gasteiger partial charge is 0.508 e. The summed E-state index contributed by atoms with van der Waals surface area (Å²) in [6.07, 6.45) is 1.93. The minimum absolute atomic E-state index is 0.0585. The molecule has 15 heavy (non-hydrogen) atoms. The van der Waals surface area contributed by atoms with Crippen LogP contribution in [-0.4, -0.2) is 15.9 Å². The standard InChI is InChI=1S/C11H9NO2S/c13-9-3-1-8(2-4-9)5-10(14)11-6-12-7-15-11/h1-4,6-7,13H,5H2. The summed E-state index contributed by atoms with van der Waals surface area (Å²) in [7, 11) is 0. The monoisotopic (exact) mass is 219 g/mol. The Morgan fingerprint density at radius 2 is 2.07 bits per heavy atom. The van der Waals surface area contributed by atoms with Crippen LogP contribution in [0.25, 0.3) is 0 Å². The van der Waals surface area contributed by atoms with E-state index >= 15 is 0 Å². The highest BCUT2D eigenvalue weighted by Gasteiger charge is 2.08. The summed E-state index contributed by atoms with van der Waals surface area (Å²) in [5, 5.41) is 9.08. The molecule has 1 N–H and O–H groups in total. The van der Waals surface area contributed by atoms with Crippen molar-refractivity contribution in [3.63, 3.8) is 0 Å². The van der Waals surface area contributed by atoms with E-state index in [1.54, 1.807) is 36.0 Å². The third-order valence-electron chi connectivity index (χ3n) is 2.01. The molecule has 0 saturated carbocycles. The SMILES string of the molecule is O=C(Cc1ccc(O)cc1)c1cncs1. The van der Waals surface area contributed by atoms with Crippen molar-refractivity contribution in [1.82, 2.24) is 4.98 Å². The number of rotatable bonds is 3. The van der Waals surface area contributed by atoms with Gasteiger partial charge in [0.15, 0.2) is 5.78 Å². The fourth-order valence-electron chi connectivity index (χ4n) is 1.24.